The smallest absolute Gasteiger partial charge is 0.257 e. The van der Waals surface area contributed by atoms with Crippen LogP contribution in [-0.2, 0) is 7.05 Å². The zero-order chi connectivity index (χ0) is 16.4. The van der Waals surface area contributed by atoms with Gasteiger partial charge in [-0.3, -0.25) is 9.48 Å². The minimum Gasteiger partial charge on any atom is -0.496 e. The minimum absolute atomic E-state index is 0.0237. The fraction of sp³-hybridized carbons (Fsp3) is 0.375. The van der Waals surface area contributed by atoms with Gasteiger partial charge >= 0.3 is 0 Å². The molecular weight excluding hydrogens is 316 g/mol. The van der Waals surface area contributed by atoms with Gasteiger partial charge in [-0.05, 0) is 18.2 Å². The van der Waals surface area contributed by atoms with Crippen LogP contribution in [0.5, 0.6) is 5.75 Å². The third-order valence-corrected chi connectivity index (χ3v) is 4.25. The molecule has 0 atom stereocenters. The summed E-state index contributed by atoms with van der Waals surface area (Å²) >= 11 is 5.96. The van der Waals surface area contributed by atoms with Gasteiger partial charge in [-0.2, -0.15) is 5.10 Å². The van der Waals surface area contributed by atoms with E-state index in [0.29, 0.717) is 29.4 Å². The summed E-state index contributed by atoms with van der Waals surface area (Å²) in [4.78, 5) is 16.8. The highest BCUT2D eigenvalue weighted by molar-refractivity contribution is 6.30. The average Bonchev–Trinajstić information content (AvgIpc) is 3.00. The SMILES string of the molecule is COc1cc(Cl)ccc1C(=O)N1CCN(c2cnn(C)c2)CC1. The Morgan fingerprint density at radius 3 is 2.61 bits per heavy atom. The molecule has 6 nitrogen and oxygen atoms in total. The molecule has 1 aliphatic rings. The van der Waals surface area contributed by atoms with Gasteiger partial charge < -0.3 is 14.5 Å². The van der Waals surface area contributed by atoms with Gasteiger partial charge in [0.05, 0.1) is 24.6 Å². The molecule has 0 unspecified atom stereocenters. The van der Waals surface area contributed by atoms with Crippen molar-refractivity contribution in [3.8, 4) is 5.75 Å². The second kappa shape index (κ2) is 6.50. The van der Waals surface area contributed by atoms with Crippen LogP contribution in [0.15, 0.2) is 30.6 Å². The number of piperazine rings is 1. The van der Waals surface area contributed by atoms with Gasteiger partial charge in [-0.25, -0.2) is 0 Å². The maximum absolute atomic E-state index is 12.7. The number of hydrogen-bond acceptors (Lipinski definition) is 4. The highest BCUT2D eigenvalue weighted by atomic mass is 35.5. The predicted octanol–water partition coefficient (Wildman–Crippen LogP) is 2.04. The molecule has 0 N–H and O–H groups in total. The summed E-state index contributed by atoms with van der Waals surface area (Å²) in [5.74, 6) is 0.488. The van der Waals surface area contributed by atoms with Gasteiger partial charge in [0, 0.05) is 44.4 Å². The fourth-order valence-corrected chi connectivity index (χ4v) is 2.91. The summed E-state index contributed by atoms with van der Waals surface area (Å²) in [5.41, 5.74) is 1.63. The van der Waals surface area contributed by atoms with Gasteiger partial charge in [0.25, 0.3) is 5.91 Å². The van der Waals surface area contributed by atoms with Crippen LogP contribution in [0.4, 0.5) is 5.69 Å². The number of carbonyl (C=O) groups is 1. The summed E-state index contributed by atoms with van der Waals surface area (Å²) in [6.07, 6.45) is 3.83. The Hall–Kier alpha value is -2.21. The Balaban J connectivity index is 1.69. The van der Waals surface area contributed by atoms with E-state index < -0.39 is 0 Å². The second-order valence-corrected chi connectivity index (χ2v) is 5.93. The summed E-state index contributed by atoms with van der Waals surface area (Å²) in [6, 6.07) is 5.10. The number of aryl methyl sites for hydroxylation is 1. The van der Waals surface area contributed by atoms with Crippen molar-refractivity contribution in [3.63, 3.8) is 0 Å². The monoisotopic (exact) mass is 334 g/mol. The van der Waals surface area contributed by atoms with Crippen molar-refractivity contribution in [1.82, 2.24) is 14.7 Å². The largest absolute Gasteiger partial charge is 0.496 e. The van der Waals surface area contributed by atoms with Crippen LogP contribution in [0.25, 0.3) is 0 Å². The first-order valence-electron chi connectivity index (χ1n) is 7.45. The third kappa shape index (κ3) is 3.27. The van der Waals surface area contributed by atoms with Crippen molar-refractivity contribution >= 4 is 23.2 Å². The molecule has 1 aromatic carbocycles. The highest BCUT2D eigenvalue weighted by Gasteiger charge is 2.24. The summed E-state index contributed by atoms with van der Waals surface area (Å²) < 4.78 is 7.06. The number of rotatable bonds is 3. The number of aromatic nitrogens is 2. The maximum Gasteiger partial charge on any atom is 0.257 e. The first kappa shape index (κ1) is 15.7. The van der Waals surface area contributed by atoms with Crippen LogP contribution in [0.2, 0.25) is 5.02 Å². The molecule has 0 bridgehead atoms. The quantitative estimate of drug-likeness (QED) is 0.862. The number of nitrogens with zero attached hydrogens (tertiary/aromatic N) is 4. The first-order chi connectivity index (χ1) is 11.1. The van der Waals surface area contributed by atoms with Gasteiger partial charge in [-0.15, -0.1) is 0 Å². The van der Waals surface area contributed by atoms with E-state index >= 15 is 0 Å². The van der Waals surface area contributed by atoms with E-state index in [2.05, 4.69) is 10.00 Å². The number of ether oxygens (including phenoxy) is 1. The molecule has 1 aromatic heterocycles. The van der Waals surface area contributed by atoms with Crippen molar-refractivity contribution in [1.29, 1.82) is 0 Å². The Morgan fingerprint density at radius 1 is 1.26 bits per heavy atom. The van der Waals surface area contributed by atoms with Crippen LogP contribution in [0.1, 0.15) is 10.4 Å². The van der Waals surface area contributed by atoms with Crippen molar-refractivity contribution in [2.75, 3.05) is 38.2 Å². The number of benzene rings is 1. The molecule has 2 aromatic rings. The minimum atomic E-state index is -0.0237. The van der Waals surface area contributed by atoms with E-state index in [1.807, 2.05) is 24.3 Å². The topological polar surface area (TPSA) is 50.6 Å². The highest BCUT2D eigenvalue weighted by Crippen LogP contribution is 2.25. The molecule has 23 heavy (non-hydrogen) atoms. The standard InChI is InChI=1S/C16H19ClN4O2/c1-19-11-13(10-18-19)20-5-7-21(8-6-20)16(22)14-4-3-12(17)9-15(14)23-2/h3-4,9-11H,5-8H2,1-2H3. The Kier molecular flexibility index (Phi) is 4.43. The lowest BCUT2D eigenvalue weighted by Gasteiger charge is -2.35. The molecule has 0 spiro atoms. The van der Waals surface area contributed by atoms with E-state index in [-0.39, 0.29) is 5.91 Å². The molecule has 1 amide bonds. The van der Waals surface area contributed by atoms with Crippen molar-refractivity contribution in [2.45, 2.75) is 0 Å². The normalized spacial score (nSPS) is 14.9. The zero-order valence-electron chi connectivity index (χ0n) is 13.2. The van der Waals surface area contributed by atoms with Crippen molar-refractivity contribution < 1.29 is 9.53 Å². The Morgan fingerprint density at radius 2 is 2.00 bits per heavy atom. The van der Waals surface area contributed by atoms with Gasteiger partial charge in [0.2, 0.25) is 0 Å². The lowest BCUT2D eigenvalue weighted by molar-refractivity contribution is 0.0743. The number of halogens is 1. The molecule has 3 rings (SSSR count). The molecule has 7 heteroatoms. The molecule has 0 aliphatic carbocycles. The Labute approximate surface area is 140 Å². The van der Waals surface area contributed by atoms with Gasteiger partial charge in [0.1, 0.15) is 5.75 Å². The summed E-state index contributed by atoms with van der Waals surface area (Å²) in [5, 5.41) is 4.75. The zero-order valence-corrected chi connectivity index (χ0v) is 14.0. The number of hydrogen-bond donors (Lipinski definition) is 0. The molecule has 122 valence electrons. The van der Waals surface area contributed by atoms with E-state index in [4.69, 9.17) is 16.3 Å². The second-order valence-electron chi connectivity index (χ2n) is 5.50. The lowest BCUT2D eigenvalue weighted by atomic mass is 10.1. The van der Waals surface area contributed by atoms with Crippen LogP contribution in [0.3, 0.4) is 0 Å². The van der Waals surface area contributed by atoms with Gasteiger partial charge in [-0.1, -0.05) is 11.6 Å². The van der Waals surface area contributed by atoms with Crippen LogP contribution in [-0.4, -0.2) is 53.9 Å². The average molecular weight is 335 g/mol. The molecule has 0 radical (unpaired) electrons. The summed E-state index contributed by atoms with van der Waals surface area (Å²) in [6.45, 7) is 2.90. The van der Waals surface area contributed by atoms with E-state index in [0.717, 1.165) is 18.8 Å². The van der Waals surface area contributed by atoms with E-state index in [9.17, 15) is 4.79 Å². The third-order valence-electron chi connectivity index (χ3n) is 4.02. The molecule has 0 saturated carbocycles. The molecule has 1 fully saturated rings. The van der Waals surface area contributed by atoms with Gasteiger partial charge in [0.15, 0.2) is 0 Å². The number of amides is 1. The van der Waals surface area contributed by atoms with E-state index in [1.54, 1.807) is 30.0 Å². The van der Waals surface area contributed by atoms with E-state index in [1.165, 1.54) is 0 Å². The first-order valence-corrected chi connectivity index (χ1v) is 7.82. The number of anilines is 1. The summed E-state index contributed by atoms with van der Waals surface area (Å²) in [7, 11) is 3.44. The molecule has 1 aliphatic heterocycles. The predicted molar refractivity (Wildman–Crippen MR) is 89.3 cm³/mol. The van der Waals surface area contributed by atoms with Crippen LogP contribution in [0, 0.1) is 0 Å². The molecular formula is C16H19ClN4O2. The number of carbonyl (C=O) groups excluding carboxylic acids is 1. The Bertz CT molecular complexity index is 708. The molecule has 1 saturated heterocycles. The molecule has 2 heterocycles. The number of methoxy groups -OCH3 is 1. The van der Waals surface area contributed by atoms with Crippen LogP contribution >= 0.6 is 11.6 Å². The lowest BCUT2D eigenvalue weighted by Crippen LogP contribution is -2.48. The fourth-order valence-electron chi connectivity index (χ4n) is 2.75. The van der Waals surface area contributed by atoms with Crippen molar-refractivity contribution in [3.05, 3.63) is 41.2 Å². The van der Waals surface area contributed by atoms with Crippen LogP contribution < -0.4 is 9.64 Å². The maximum atomic E-state index is 12.7. The van der Waals surface area contributed by atoms with Crippen molar-refractivity contribution in [2.24, 2.45) is 7.05 Å².